The molecule has 4 N–H and O–H groups in total. The molecule has 276 valence electrons. The lowest BCUT2D eigenvalue weighted by molar-refractivity contribution is -0.124. The van der Waals surface area contributed by atoms with E-state index in [1.807, 2.05) is 6.92 Å². The van der Waals surface area contributed by atoms with Crippen LogP contribution in [0.3, 0.4) is 0 Å². The monoisotopic (exact) mass is 728 g/mol. The Kier molecular flexibility index (Phi) is 19.1. The summed E-state index contributed by atoms with van der Waals surface area (Å²) in [6.07, 6.45) is 3.91. The first-order valence-corrected chi connectivity index (χ1v) is 17.4. The van der Waals surface area contributed by atoms with Crippen molar-refractivity contribution in [3.05, 3.63) is 39.9 Å². The van der Waals surface area contributed by atoms with Crippen LogP contribution in [0, 0.1) is 0 Å². The standard InChI is InChI=1S/C35H54Cl2N4O8/c1-9-23(2)30(43)24-17-18-26(29(37)28(24)36)47-22-27(42)38-19-13-10-11-14-20-39-31(44)25(41-33(46)49-35(6,7)8)16-12-15-21-40-32(45)48-34(3,4)5/h17-18,25H,2,9-16,19-22H2,1,3-8H3,(H,38,42)(H,39,44)(H,40,45)(H,41,46)/t25-/m0/s1. The van der Waals surface area contributed by atoms with Crippen molar-refractivity contribution in [2.75, 3.05) is 26.2 Å². The fourth-order valence-corrected chi connectivity index (χ4v) is 4.69. The molecular formula is C35H54Cl2N4O8. The molecule has 4 amide bonds. The van der Waals surface area contributed by atoms with Crippen LogP contribution in [0.2, 0.25) is 10.0 Å². The van der Waals surface area contributed by atoms with Gasteiger partial charge in [-0.1, -0.05) is 49.5 Å². The highest BCUT2D eigenvalue weighted by atomic mass is 35.5. The SMILES string of the molecule is C=C(CC)C(=O)c1ccc(OCC(=O)NCCCCCCNC(=O)[C@H](CCCCNC(=O)OC(C)(C)C)NC(=O)OC(C)(C)C)c(Cl)c1Cl. The topological polar surface area (TPSA) is 161 Å². The third-order valence-corrected chi connectivity index (χ3v) is 7.58. The Labute approximate surface area is 300 Å². The van der Waals surface area contributed by atoms with Gasteiger partial charge in [0.2, 0.25) is 5.91 Å². The summed E-state index contributed by atoms with van der Waals surface area (Å²) in [5.74, 6) is -0.740. The molecule has 0 bridgehead atoms. The number of hydrogen-bond acceptors (Lipinski definition) is 8. The van der Waals surface area contributed by atoms with Crippen LogP contribution >= 0.6 is 23.2 Å². The maximum absolute atomic E-state index is 12.9. The van der Waals surface area contributed by atoms with E-state index < -0.39 is 29.4 Å². The van der Waals surface area contributed by atoms with Gasteiger partial charge in [-0.3, -0.25) is 14.4 Å². The van der Waals surface area contributed by atoms with Crippen LogP contribution in [-0.4, -0.2) is 73.3 Å². The van der Waals surface area contributed by atoms with E-state index in [0.717, 1.165) is 19.3 Å². The molecule has 0 radical (unpaired) electrons. The minimum Gasteiger partial charge on any atom is -0.482 e. The van der Waals surface area contributed by atoms with Crippen molar-refractivity contribution in [2.24, 2.45) is 0 Å². The number of halogens is 2. The summed E-state index contributed by atoms with van der Waals surface area (Å²) in [6.45, 7) is 17.1. The van der Waals surface area contributed by atoms with Crippen LogP contribution in [0.25, 0.3) is 0 Å². The number of carbonyl (C=O) groups is 5. The summed E-state index contributed by atoms with van der Waals surface area (Å²) in [4.78, 5) is 61.7. The zero-order valence-electron chi connectivity index (χ0n) is 29.9. The lowest BCUT2D eigenvalue weighted by atomic mass is 10.0. The molecule has 49 heavy (non-hydrogen) atoms. The van der Waals surface area contributed by atoms with Gasteiger partial charge in [-0.25, -0.2) is 9.59 Å². The van der Waals surface area contributed by atoms with Gasteiger partial charge >= 0.3 is 12.2 Å². The number of unbranched alkanes of at least 4 members (excludes halogenated alkanes) is 4. The molecule has 0 spiro atoms. The number of benzene rings is 1. The summed E-state index contributed by atoms with van der Waals surface area (Å²) in [5.41, 5.74) is -0.664. The van der Waals surface area contributed by atoms with Gasteiger partial charge in [0.25, 0.3) is 5.91 Å². The molecule has 14 heteroatoms. The van der Waals surface area contributed by atoms with Gasteiger partial charge in [0, 0.05) is 25.2 Å². The molecule has 1 rings (SSSR count). The predicted molar refractivity (Wildman–Crippen MR) is 191 cm³/mol. The summed E-state index contributed by atoms with van der Waals surface area (Å²) in [6, 6.07) is 2.21. The number of nitrogens with one attached hydrogen (secondary N) is 4. The summed E-state index contributed by atoms with van der Waals surface area (Å²) in [5, 5.41) is 11.1. The number of alkyl carbamates (subject to hydrolysis) is 2. The van der Waals surface area contributed by atoms with Crippen LogP contribution in [0.4, 0.5) is 9.59 Å². The first-order chi connectivity index (χ1) is 22.8. The number of rotatable bonds is 20. The Bertz CT molecular complexity index is 1290. The van der Waals surface area contributed by atoms with Gasteiger partial charge in [0.15, 0.2) is 12.4 Å². The van der Waals surface area contributed by atoms with Gasteiger partial charge in [0.1, 0.15) is 28.0 Å². The van der Waals surface area contributed by atoms with Crippen molar-refractivity contribution >= 4 is 53.0 Å². The molecule has 0 aliphatic carbocycles. The van der Waals surface area contributed by atoms with Gasteiger partial charge in [0.05, 0.1) is 5.02 Å². The Morgan fingerprint density at radius 2 is 1.31 bits per heavy atom. The second-order valence-electron chi connectivity index (χ2n) is 13.5. The van der Waals surface area contributed by atoms with Crippen molar-refractivity contribution in [2.45, 2.75) is 117 Å². The van der Waals surface area contributed by atoms with Gasteiger partial charge in [-0.2, -0.15) is 0 Å². The highest BCUT2D eigenvalue weighted by Gasteiger charge is 2.24. The highest BCUT2D eigenvalue weighted by molar-refractivity contribution is 6.45. The van der Waals surface area contributed by atoms with Crippen molar-refractivity contribution in [1.29, 1.82) is 0 Å². The molecule has 1 aromatic carbocycles. The fraction of sp³-hybridized carbons (Fsp3) is 0.629. The summed E-state index contributed by atoms with van der Waals surface area (Å²) < 4.78 is 16.0. The van der Waals surface area contributed by atoms with E-state index in [9.17, 15) is 24.0 Å². The summed E-state index contributed by atoms with van der Waals surface area (Å²) in [7, 11) is 0. The number of ether oxygens (including phenoxy) is 3. The third-order valence-electron chi connectivity index (χ3n) is 6.72. The lowest BCUT2D eigenvalue weighted by Gasteiger charge is -2.23. The summed E-state index contributed by atoms with van der Waals surface area (Å²) >= 11 is 12.5. The average molecular weight is 730 g/mol. The normalized spacial score (nSPS) is 11.9. The van der Waals surface area contributed by atoms with E-state index in [2.05, 4.69) is 27.8 Å². The predicted octanol–water partition coefficient (Wildman–Crippen LogP) is 6.90. The van der Waals surface area contributed by atoms with Crippen LogP contribution in [0.5, 0.6) is 5.75 Å². The van der Waals surface area contributed by atoms with E-state index in [4.69, 9.17) is 37.4 Å². The molecule has 0 aromatic heterocycles. The maximum Gasteiger partial charge on any atom is 0.408 e. The maximum atomic E-state index is 12.9. The number of allylic oxidation sites excluding steroid dienone is 1. The molecule has 0 fully saturated rings. The number of amides is 4. The van der Waals surface area contributed by atoms with Gasteiger partial charge < -0.3 is 35.5 Å². The van der Waals surface area contributed by atoms with E-state index >= 15 is 0 Å². The van der Waals surface area contributed by atoms with E-state index in [1.54, 1.807) is 41.5 Å². The smallest absolute Gasteiger partial charge is 0.408 e. The minimum absolute atomic E-state index is 0.0508. The van der Waals surface area contributed by atoms with Crippen LogP contribution in [0.15, 0.2) is 24.3 Å². The van der Waals surface area contributed by atoms with Crippen LogP contribution < -0.4 is 26.0 Å². The third kappa shape index (κ3) is 18.7. The zero-order chi connectivity index (χ0) is 37.2. The zero-order valence-corrected chi connectivity index (χ0v) is 31.5. The van der Waals surface area contributed by atoms with E-state index in [-0.39, 0.29) is 45.6 Å². The van der Waals surface area contributed by atoms with Crippen LogP contribution in [0.1, 0.15) is 110 Å². The fourth-order valence-electron chi connectivity index (χ4n) is 4.23. The molecule has 12 nitrogen and oxygen atoms in total. The molecule has 0 heterocycles. The number of ketones is 1. The molecule has 1 aromatic rings. The number of Topliss-reactive ketones (excluding diaryl/α,β-unsaturated/α-hetero) is 1. The highest BCUT2D eigenvalue weighted by Crippen LogP contribution is 2.35. The Balaban J connectivity index is 2.39. The Morgan fingerprint density at radius 3 is 1.90 bits per heavy atom. The largest absolute Gasteiger partial charge is 0.482 e. The average Bonchev–Trinajstić information content (AvgIpc) is 2.99. The van der Waals surface area contributed by atoms with Crippen molar-refractivity contribution < 1.29 is 38.2 Å². The Hall–Kier alpha value is -3.51. The van der Waals surface area contributed by atoms with E-state index in [0.29, 0.717) is 57.3 Å². The number of hydrogen-bond donors (Lipinski definition) is 4. The minimum atomic E-state index is -0.791. The van der Waals surface area contributed by atoms with E-state index in [1.165, 1.54) is 12.1 Å². The first kappa shape index (κ1) is 43.5. The molecule has 0 saturated carbocycles. The molecule has 0 saturated heterocycles. The molecular weight excluding hydrogens is 675 g/mol. The molecule has 1 atom stereocenters. The molecule has 0 unspecified atom stereocenters. The second kappa shape index (κ2) is 21.5. The lowest BCUT2D eigenvalue weighted by Crippen LogP contribution is -2.48. The quantitative estimate of drug-likeness (QED) is 0.0641. The van der Waals surface area contributed by atoms with Crippen LogP contribution in [-0.2, 0) is 19.1 Å². The Morgan fingerprint density at radius 1 is 0.755 bits per heavy atom. The van der Waals surface area contributed by atoms with Crippen molar-refractivity contribution in [3.8, 4) is 5.75 Å². The second-order valence-corrected chi connectivity index (χ2v) is 14.2. The first-order valence-electron chi connectivity index (χ1n) is 16.7. The molecule has 0 aliphatic rings. The van der Waals surface area contributed by atoms with Crippen molar-refractivity contribution in [1.82, 2.24) is 21.3 Å². The van der Waals surface area contributed by atoms with Gasteiger partial charge in [-0.15, -0.1) is 0 Å². The van der Waals surface area contributed by atoms with Crippen molar-refractivity contribution in [3.63, 3.8) is 0 Å². The van der Waals surface area contributed by atoms with Gasteiger partial charge in [-0.05, 0) is 97.8 Å². The number of carbonyl (C=O) groups excluding carboxylic acids is 5. The molecule has 0 aliphatic heterocycles.